The molecule has 0 amide bonds. The Bertz CT molecular complexity index is 687. The molecule has 0 atom stereocenters. The van der Waals surface area contributed by atoms with E-state index < -0.39 is 0 Å². The third-order valence-electron chi connectivity index (χ3n) is 2.96. The van der Waals surface area contributed by atoms with E-state index in [2.05, 4.69) is 22.1 Å². The fourth-order valence-electron chi connectivity index (χ4n) is 2.07. The van der Waals surface area contributed by atoms with Crippen LogP contribution in [-0.4, -0.2) is 14.5 Å². The third-order valence-corrected chi connectivity index (χ3v) is 2.96. The van der Waals surface area contributed by atoms with Crippen molar-refractivity contribution in [1.82, 2.24) is 14.5 Å². The summed E-state index contributed by atoms with van der Waals surface area (Å²) >= 11 is 0. The summed E-state index contributed by atoms with van der Waals surface area (Å²) in [6.07, 6.45) is 3.49. The molecule has 0 unspecified atom stereocenters. The first-order chi connectivity index (χ1) is 8.75. The quantitative estimate of drug-likeness (QED) is 0.677. The Kier molecular flexibility index (Phi) is 2.44. The first-order valence-electron chi connectivity index (χ1n) is 5.74. The summed E-state index contributed by atoms with van der Waals surface area (Å²) in [5.41, 5.74) is 8.81. The fourth-order valence-corrected chi connectivity index (χ4v) is 2.07. The highest BCUT2D eigenvalue weighted by molar-refractivity contribution is 5.79. The summed E-state index contributed by atoms with van der Waals surface area (Å²) in [6.45, 7) is 0.738. The van der Waals surface area contributed by atoms with Crippen LogP contribution in [0.1, 0.15) is 5.56 Å². The number of nitrogens with two attached hydrogens (primary N) is 1. The Hall–Kier alpha value is -2.43. The van der Waals surface area contributed by atoms with Crippen LogP contribution in [0, 0.1) is 0 Å². The number of rotatable bonds is 2. The Morgan fingerprint density at radius 2 is 2.00 bits per heavy atom. The van der Waals surface area contributed by atoms with Crippen LogP contribution in [0.15, 0.2) is 43.0 Å². The fraction of sp³-hybridized carbons (Fsp3) is 0.154. The number of nitrogen functional groups attached to an aromatic ring is 1. The summed E-state index contributed by atoms with van der Waals surface area (Å²) in [4.78, 5) is 8.60. The molecule has 2 heterocycles. The summed E-state index contributed by atoms with van der Waals surface area (Å²) in [5.74, 6) is 0.509. The molecule has 1 aromatic carbocycles. The molecular weight excluding hydrogens is 226 g/mol. The van der Waals surface area contributed by atoms with Crippen molar-refractivity contribution in [3.63, 3.8) is 0 Å². The molecule has 2 N–H and O–H groups in total. The van der Waals surface area contributed by atoms with Crippen molar-refractivity contribution in [2.24, 2.45) is 7.05 Å². The molecule has 0 aliphatic heterocycles. The molecule has 0 fully saturated rings. The van der Waals surface area contributed by atoms with Crippen LogP contribution < -0.4 is 10.3 Å². The molecule has 2 aromatic heterocycles. The van der Waals surface area contributed by atoms with Crippen LogP contribution >= 0.6 is 0 Å². The molecule has 0 radical (unpaired) electrons. The maximum atomic E-state index is 5.88. The number of imidazole rings is 1. The van der Waals surface area contributed by atoms with Gasteiger partial charge < -0.3 is 10.3 Å². The second-order valence-corrected chi connectivity index (χ2v) is 4.27. The number of benzene rings is 1. The average Bonchev–Trinajstić information content (AvgIpc) is 2.78. The minimum atomic E-state index is 0.509. The van der Waals surface area contributed by atoms with Gasteiger partial charge in [-0.25, -0.2) is 4.57 Å². The lowest BCUT2D eigenvalue weighted by Crippen LogP contribution is -2.36. The largest absolute Gasteiger partial charge is 0.368 e. The van der Waals surface area contributed by atoms with Crippen LogP contribution in [0.4, 0.5) is 5.82 Å². The average molecular weight is 240 g/mol. The van der Waals surface area contributed by atoms with Gasteiger partial charge in [0.05, 0.1) is 6.54 Å². The van der Waals surface area contributed by atoms with E-state index in [1.54, 1.807) is 12.7 Å². The summed E-state index contributed by atoms with van der Waals surface area (Å²) < 4.78 is 3.89. The Labute approximate surface area is 105 Å². The zero-order valence-corrected chi connectivity index (χ0v) is 10.1. The van der Waals surface area contributed by atoms with E-state index >= 15 is 0 Å². The number of hydrogen-bond donors (Lipinski definition) is 1. The van der Waals surface area contributed by atoms with Gasteiger partial charge in [0.15, 0.2) is 11.8 Å². The van der Waals surface area contributed by atoms with E-state index in [0.717, 1.165) is 17.7 Å². The monoisotopic (exact) mass is 240 g/mol. The molecular formula is C13H14N5+. The van der Waals surface area contributed by atoms with Crippen LogP contribution in [0.5, 0.6) is 0 Å². The molecule has 0 spiro atoms. The first-order valence-corrected chi connectivity index (χ1v) is 5.74. The molecule has 0 bridgehead atoms. The molecule has 0 aliphatic rings. The highest BCUT2D eigenvalue weighted by Gasteiger charge is 2.16. The van der Waals surface area contributed by atoms with Crippen molar-refractivity contribution in [1.29, 1.82) is 0 Å². The molecule has 5 nitrogen and oxygen atoms in total. The Morgan fingerprint density at radius 3 is 2.78 bits per heavy atom. The van der Waals surface area contributed by atoms with E-state index in [1.807, 2.05) is 34.4 Å². The number of aryl methyl sites for hydroxylation is 1. The van der Waals surface area contributed by atoms with Crippen molar-refractivity contribution < 1.29 is 4.57 Å². The Morgan fingerprint density at radius 1 is 1.22 bits per heavy atom. The molecule has 3 aromatic rings. The van der Waals surface area contributed by atoms with Crippen LogP contribution in [0.2, 0.25) is 0 Å². The summed E-state index contributed by atoms with van der Waals surface area (Å²) in [5, 5.41) is 0. The predicted octanol–water partition coefficient (Wildman–Crippen LogP) is 0.886. The van der Waals surface area contributed by atoms with E-state index in [0.29, 0.717) is 5.82 Å². The maximum absolute atomic E-state index is 5.88. The van der Waals surface area contributed by atoms with Crippen molar-refractivity contribution >= 4 is 17.0 Å². The predicted molar refractivity (Wildman–Crippen MR) is 68.7 cm³/mol. The first kappa shape index (κ1) is 10.7. The van der Waals surface area contributed by atoms with E-state index in [4.69, 9.17) is 5.73 Å². The van der Waals surface area contributed by atoms with Gasteiger partial charge in [0.25, 0.3) is 5.65 Å². The standard InChI is InChI=1S/C13H13N5/c1-17-8-16-13-11(17)12(14)15-9-18(13)7-10-5-3-2-4-6-10/h2-6,8-9,14H,7H2,1H3/p+1. The minimum Gasteiger partial charge on any atom is -0.368 e. The van der Waals surface area contributed by atoms with Gasteiger partial charge in [0, 0.05) is 7.05 Å². The summed E-state index contributed by atoms with van der Waals surface area (Å²) in [6, 6.07) is 10.2. The highest BCUT2D eigenvalue weighted by atomic mass is 15.2. The van der Waals surface area contributed by atoms with Gasteiger partial charge in [-0.2, -0.15) is 0 Å². The minimum absolute atomic E-state index is 0.509. The summed E-state index contributed by atoms with van der Waals surface area (Å²) in [7, 11) is 1.92. The molecule has 5 heteroatoms. The number of nitrogens with zero attached hydrogens (tertiary/aromatic N) is 4. The van der Waals surface area contributed by atoms with Crippen LogP contribution in [-0.2, 0) is 13.6 Å². The molecule has 0 saturated carbocycles. The van der Waals surface area contributed by atoms with Gasteiger partial charge in [-0.15, -0.1) is 0 Å². The molecule has 18 heavy (non-hydrogen) atoms. The van der Waals surface area contributed by atoms with E-state index in [1.165, 1.54) is 5.56 Å². The van der Waals surface area contributed by atoms with Gasteiger partial charge in [0.1, 0.15) is 0 Å². The second-order valence-electron chi connectivity index (χ2n) is 4.27. The number of hydrogen-bond acceptors (Lipinski definition) is 3. The smallest absolute Gasteiger partial charge is 0.293 e. The number of aromatic nitrogens is 4. The SMILES string of the molecule is Cn1cnc2c1c(N)nc[n+]2Cc1ccccc1. The molecule has 0 saturated heterocycles. The van der Waals surface area contributed by atoms with Crippen molar-refractivity contribution in [3.05, 3.63) is 48.5 Å². The van der Waals surface area contributed by atoms with Gasteiger partial charge in [-0.05, 0) is 5.56 Å². The second kappa shape index (κ2) is 4.10. The normalized spacial score (nSPS) is 10.9. The number of anilines is 1. The number of fused-ring (bicyclic) bond motifs is 1. The highest BCUT2D eigenvalue weighted by Crippen LogP contribution is 2.12. The maximum Gasteiger partial charge on any atom is 0.293 e. The van der Waals surface area contributed by atoms with Gasteiger partial charge in [-0.1, -0.05) is 40.3 Å². The lowest BCUT2D eigenvalue weighted by atomic mass is 10.2. The molecule has 3 rings (SSSR count). The van der Waals surface area contributed by atoms with Crippen molar-refractivity contribution in [3.8, 4) is 0 Å². The lowest BCUT2D eigenvalue weighted by Gasteiger charge is -2.02. The van der Waals surface area contributed by atoms with E-state index in [-0.39, 0.29) is 0 Å². The van der Waals surface area contributed by atoms with E-state index in [9.17, 15) is 0 Å². The molecule has 0 aliphatic carbocycles. The van der Waals surface area contributed by atoms with Gasteiger partial charge in [0.2, 0.25) is 12.1 Å². The van der Waals surface area contributed by atoms with Gasteiger partial charge >= 0.3 is 0 Å². The van der Waals surface area contributed by atoms with Crippen molar-refractivity contribution in [2.75, 3.05) is 5.73 Å². The topological polar surface area (TPSA) is 60.6 Å². The molecule has 90 valence electrons. The zero-order valence-electron chi connectivity index (χ0n) is 10.1. The lowest BCUT2D eigenvalue weighted by molar-refractivity contribution is -0.667. The zero-order chi connectivity index (χ0) is 12.5. The Balaban J connectivity index is 2.11. The van der Waals surface area contributed by atoms with Crippen LogP contribution in [0.25, 0.3) is 11.2 Å². The third kappa shape index (κ3) is 1.69. The van der Waals surface area contributed by atoms with Crippen LogP contribution in [0.3, 0.4) is 0 Å². The van der Waals surface area contributed by atoms with Crippen molar-refractivity contribution in [2.45, 2.75) is 6.54 Å². The van der Waals surface area contributed by atoms with Gasteiger partial charge in [-0.3, -0.25) is 0 Å².